The summed E-state index contributed by atoms with van der Waals surface area (Å²) in [5.74, 6) is -0.937. The molecule has 5 nitrogen and oxygen atoms in total. The van der Waals surface area contributed by atoms with Gasteiger partial charge in [-0.05, 0) is 43.3 Å². The van der Waals surface area contributed by atoms with Crippen LogP contribution < -0.4 is 5.32 Å². The van der Waals surface area contributed by atoms with Crippen LogP contribution >= 0.6 is 23.1 Å². The molecule has 1 fully saturated rings. The number of hydrogen-bond acceptors (Lipinski definition) is 5. The fraction of sp³-hybridized carbons (Fsp3) is 0.409. The highest BCUT2D eigenvalue weighted by atomic mass is 32.2. The van der Waals surface area contributed by atoms with Gasteiger partial charge in [-0.15, -0.1) is 21.5 Å². The van der Waals surface area contributed by atoms with Gasteiger partial charge >= 0.3 is 0 Å². The van der Waals surface area contributed by atoms with Crippen molar-refractivity contribution in [1.29, 1.82) is 0 Å². The molecule has 0 saturated heterocycles. The number of aromatic nitrogens is 3. The normalized spacial score (nSPS) is 15.7. The fourth-order valence-corrected chi connectivity index (χ4v) is 5.46. The second-order valence-corrected chi connectivity index (χ2v) is 10.0. The van der Waals surface area contributed by atoms with Gasteiger partial charge < -0.3 is 9.88 Å². The van der Waals surface area contributed by atoms with Gasteiger partial charge in [0, 0.05) is 23.4 Å². The number of thiophene rings is 1. The zero-order valence-electron chi connectivity index (χ0n) is 17.2. The predicted octanol–water partition coefficient (Wildman–Crippen LogP) is 5.83. The Bertz CT molecular complexity index is 1030. The fourth-order valence-electron chi connectivity index (χ4n) is 3.82. The Labute approximate surface area is 188 Å². The molecule has 4 rings (SSSR count). The summed E-state index contributed by atoms with van der Waals surface area (Å²) in [5, 5.41) is 13.6. The van der Waals surface area contributed by atoms with Crippen LogP contribution in [-0.4, -0.2) is 25.9 Å². The van der Waals surface area contributed by atoms with Crippen LogP contribution in [0.3, 0.4) is 0 Å². The van der Waals surface area contributed by atoms with Crippen LogP contribution in [0.25, 0.3) is 0 Å². The molecule has 0 bridgehead atoms. The SMILES string of the molecule is CC(Sc1nnc(Cc2cccs2)n1C1CCCCC1)C(=O)Nc1ccc(F)cc1F. The third kappa shape index (κ3) is 5.33. The number of carbonyl (C=O) groups is 1. The van der Waals surface area contributed by atoms with E-state index < -0.39 is 16.9 Å². The zero-order valence-corrected chi connectivity index (χ0v) is 18.8. The van der Waals surface area contributed by atoms with Gasteiger partial charge in [0.05, 0.1) is 10.9 Å². The van der Waals surface area contributed by atoms with Crippen molar-refractivity contribution in [3.05, 3.63) is 58.0 Å². The largest absolute Gasteiger partial charge is 0.323 e. The Morgan fingerprint density at radius 3 is 2.77 bits per heavy atom. The number of nitrogens with one attached hydrogen (secondary N) is 1. The molecular weight excluding hydrogens is 438 g/mol. The number of amides is 1. The van der Waals surface area contributed by atoms with Crippen LogP contribution in [0.1, 0.15) is 55.8 Å². The van der Waals surface area contributed by atoms with Crippen molar-refractivity contribution >= 4 is 34.7 Å². The molecule has 1 aliphatic rings. The lowest BCUT2D eigenvalue weighted by Gasteiger charge is -2.26. The lowest BCUT2D eigenvalue weighted by atomic mass is 9.95. The van der Waals surface area contributed by atoms with Gasteiger partial charge in [0.1, 0.15) is 17.5 Å². The topological polar surface area (TPSA) is 59.8 Å². The number of anilines is 1. The highest BCUT2D eigenvalue weighted by Gasteiger charge is 2.26. The summed E-state index contributed by atoms with van der Waals surface area (Å²) in [6.07, 6.45) is 6.44. The number of halogens is 2. The van der Waals surface area contributed by atoms with Crippen molar-refractivity contribution in [2.75, 3.05) is 5.32 Å². The van der Waals surface area contributed by atoms with Gasteiger partial charge in [-0.25, -0.2) is 8.78 Å². The first-order valence-electron chi connectivity index (χ1n) is 10.4. The van der Waals surface area contributed by atoms with E-state index in [4.69, 9.17) is 0 Å². The third-order valence-electron chi connectivity index (χ3n) is 5.43. The Kier molecular flexibility index (Phi) is 7.02. The predicted molar refractivity (Wildman–Crippen MR) is 120 cm³/mol. The van der Waals surface area contributed by atoms with Crippen molar-refractivity contribution < 1.29 is 13.6 Å². The molecular formula is C22H24F2N4OS2. The van der Waals surface area contributed by atoms with Crippen LogP contribution in [0.15, 0.2) is 40.9 Å². The smallest absolute Gasteiger partial charge is 0.237 e. The molecule has 1 aliphatic carbocycles. The summed E-state index contributed by atoms with van der Waals surface area (Å²) < 4.78 is 29.2. The molecule has 1 aromatic carbocycles. The van der Waals surface area contributed by atoms with Crippen LogP contribution in [-0.2, 0) is 11.2 Å². The van der Waals surface area contributed by atoms with E-state index in [0.29, 0.717) is 17.6 Å². The first-order chi connectivity index (χ1) is 15.0. The van der Waals surface area contributed by atoms with Crippen molar-refractivity contribution in [1.82, 2.24) is 14.8 Å². The molecule has 2 aromatic heterocycles. The summed E-state index contributed by atoms with van der Waals surface area (Å²) in [6.45, 7) is 1.75. The molecule has 0 aliphatic heterocycles. The standard InChI is InChI=1S/C22H24F2N4OS2/c1-14(21(29)25-19-10-9-15(23)12-18(19)24)31-22-27-26-20(13-17-8-5-11-30-17)28(22)16-6-3-2-4-7-16/h5,8-12,14,16H,2-4,6-7,13H2,1H3,(H,25,29). The summed E-state index contributed by atoms with van der Waals surface area (Å²) in [5.41, 5.74) is -0.0361. The van der Waals surface area contributed by atoms with Crippen LogP contribution in [0.2, 0.25) is 0 Å². The van der Waals surface area contributed by atoms with E-state index in [2.05, 4.69) is 26.1 Å². The van der Waals surface area contributed by atoms with E-state index in [1.807, 2.05) is 11.4 Å². The van der Waals surface area contributed by atoms with E-state index in [1.54, 1.807) is 18.3 Å². The number of rotatable bonds is 7. The number of hydrogen-bond donors (Lipinski definition) is 1. The summed E-state index contributed by atoms with van der Waals surface area (Å²) in [7, 11) is 0. The van der Waals surface area contributed by atoms with Crippen molar-refractivity contribution in [3.8, 4) is 0 Å². The summed E-state index contributed by atoms with van der Waals surface area (Å²) in [6, 6.07) is 7.54. The van der Waals surface area contributed by atoms with Gasteiger partial charge in [0.15, 0.2) is 5.16 Å². The first-order valence-corrected chi connectivity index (χ1v) is 12.2. The van der Waals surface area contributed by atoms with Gasteiger partial charge in [0.25, 0.3) is 0 Å². The molecule has 31 heavy (non-hydrogen) atoms. The minimum Gasteiger partial charge on any atom is -0.323 e. The number of carbonyl (C=O) groups excluding carboxylic acids is 1. The van der Waals surface area contributed by atoms with Crippen molar-refractivity contribution in [3.63, 3.8) is 0 Å². The van der Waals surface area contributed by atoms with Gasteiger partial charge in [-0.2, -0.15) is 0 Å². The minimum atomic E-state index is -0.797. The highest BCUT2D eigenvalue weighted by molar-refractivity contribution is 8.00. The lowest BCUT2D eigenvalue weighted by Crippen LogP contribution is -2.24. The summed E-state index contributed by atoms with van der Waals surface area (Å²) >= 11 is 3.01. The second-order valence-electron chi connectivity index (χ2n) is 7.69. The molecule has 2 heterocycles. The van der Waals surface area contributed by atoms with Gasteiger partial charge in [-0.1, -0.05) is 37.1 Å². The lowest BCUT2D eigenvalue weighted by molar-refractivity contribution is -0.115. The Morgan fingerprint density at radius 1 is 1.26 bits per heavy atom. The highest BCUT2D eigenvalue weighted by Crippen LogP contribution is 2.35. The quantitative estimate of drug-likeness (QED) is 0.449. The first kappa shape index (κ1) is 22.0. The maximum atomic E-state index is 13.9. The van der Waals surface area contributed by atoms with E-state index in [0.717, 1.165) is 30.8 Å². The molecule has 1 unspecified atom stereocenters. The Hall–Kier alpha value is -2.26. The Balaban J connectivity index is 1.52. The molecule has 9 heteroatoms. The van der Waals surface area contributed by atoms with Gasteiger partial charge in [0.2, 0.25) is 5.91 Å². The third-order valence-corrected chi connectivity index (χ3v) is 7.36. The monoisotopic (exact) mass is 462 g/mol. The van der Waals surface area contributed by atoms with Crippen LogP contribution in [0.5, 0.6) is 0 Å². The molecule has 164 valence electrons. The van der Waals surface area contributed by atoms with Crippen molar-refractivity contribution in [2.45, 2.75) is 61.9 Å². The molecule has 3 aromatic rings. The molecule has 1 amide bonds. The maximum Gasteiger partial charge on any atom is 0.237 e. The minimum absolute atomic E-state index is 0.0361. The number of thioether (sulfide) groups is 1. The van der Waals surface area contributed by atoms with Crippen LogP contribution in [0.4, 0.5) is 14.5 Å². The number of benzene rings is 1. The average Bonchev–Trinajstić information content (AvgIpc) is 3.41. The van der Waals surface area contributed by atoms with E-state index in [1.165, 1.54) is 42.0 Å². The molecule has 0 radical (unpaired) electrons. The van der Waals surface area contributed by atoms with Crippen molar-refractivity contribution in [2.24, 2.45) is 0 Å². The van der Waals surface area contributed by atoms with E-state index in [-0.39, 0.29) is 11.6 Å². The molecule has 0 spiro atoms. The average molecular weight is 463 g/mol. The Morgan fingerprint density at radius 2 is 2.06 bits per heavy atom. The molecule has 1 saturated carbocycles. The van der Waals surface area contributed by atoms with Crippen LogP contribution in [0, 0.1) is 11.6 Å². The number of nitrogens with zero attached hydrogens (tertiary/aromatic N) is 3. The molecule has 1 atom stereocenters. The molecule has 1 N–H and O–H groups in total. The zero-order chi connectivity index (χ0) is 21.8. The summed E-state index contributed by atoms with van der Waals surface area (Å²) in [4.78, 5) is 13.9. The van der Waals surface area contributed by atoms with Gasteiger partial charge in [-0.3, -0.25) is 4.79 Å². The van der Waals surface area contributed by atoms with E-state index >= 15 is 0 Å². The van der Waals surface area contributed by atoms with E-state index in [9.17, 15) is 13.6 Å². The second kappa shape index (κ2) is 9.91. The maximum absolute atomic E-state index is 13.9.